The molecular formula is C38H46N6O6. The smallest absolute Gasteiger partial charge is 0.408 e. The van der Waals surface area contributed by atoms with Gasteiger partial charge < -0.3 is 25.4 Å². The second-order valence-corrected chi connectivity index (χ2v) is 14.6. The van der Waals surface area contributed by atoms with E-state index in [1.165, 1.54) is 4.90 Å². The number of fused-ring (bicyclic) bond motifs is 2. The minimum absolute atomic E-state index is 0.0977. The van der Waals surface area contributed by atoms with E-state index in [-0.39, 0.29) is 25.3 Å². The standard InChI is InChI=1S/C38H46N6O6/c1-37(2,3)50-36(49)39-29-20-14-6-4-5-13-19-27-23-38(27,35(47)48)40-33(45)31-22-28(24-43(31)34(29)46)44-41-30(21-25-15-9-7-10-16-25)32(42-44)26-17-11-8-12-18-26/h7-13,15-19,27-29,31H,4-6,14,20-24H2,1-3H3,(H,39,49)(H,40,45)(H,47,48)/b19-13-/t27?,28-,29?,31?,38?/m1/s1. The summed E-state index contributed by atoms with van der Waals surface area (Å²) in [5.74, 6) is -2.42. The number of nitrogens with zero attached hydrogens (tertiary/aromatic N) is 4. The lowest BCUT2D eigenvalue weighted by Gasteiger charge is -2.30. The van der Waals surface area contributed by atoms with Gasteiger partial charge in [-0.15, -0.1) is 0 Å². The molecule has 50 heavy (non-hydrogen) atoms. The molecule has 1 saturated heterocycles. The van der Waals surface area contributed by atoms with Crippen LogP contribution in [0.5, 0.6) is 0 Å². The van der Waals surface area contributed by atoms with Crippen LogP contribution in [0.15, 0.2) is 72.8 Å². The van der Waals surface area contributed by atoms with Crippen LogP contribution >= 0.6 is 0 Å². The molecule has 264 valence electrons. The highest BCUT2D eigenvalue weighted by atomic mass is 16.6. The van der Waals surface area contributed by atoms with Crippen LogP contribution in [0.2, 0.25) is 0 Å². The zero-order valence-electron chi connectivity index (χ0n) is 28.9. The lowest BCUT2D eigenvalue weighted by atomic mass is 10.0. The summed E-state index contributed by atoms with van der Waals surface area (Å²) in [4.78, 5) is 57.0. The van der Waals surface area contributed by atoms with Gasteiger partial charge in [0, 0.05) is 30.9 Å². The zero-order valence-corrected chi connectivity index (χ0v) is 28.9. The van der Waals surface area contributed by atoms with E-state index < -0.39 is 53.1 Å². The number of amides is 3. The first-order valence-electron chi connectivity index (χ1n) is 17.5. The van der Waals surface area contributed by atoms with Crippen molar-refractivity contribution in [2.75, 3.05) is 6.54 Å². The maximum absolute atomic E-state index is 14.4. The predicted octanol–water partition coefficient (Wildman–Crippen LogP) is 5.05. The van der Waals surface area contributed by atoms with E-state index in [2.05, 4.69) is 10.6 Å². The van der Waals surface area contributed by atoms with Crippen LogP contribution in [0.3, 0.4) is 0 Å². The van der Waals surface area contributed by atoms with E-state index in [0.717, 1.165) is 36.1 Å². The first kappa shape index (κ1) is 34.8. The van der Waals surface area contributed by atoms with Crippen molar-refractivity contribution in [3.05, 3.63) is 84.1 Å². The molecule has 0 bridgehead atoms. The second-order valence-electron chi connectivity index (χ2n) is 14.6. The third-order valence-corrected chi connectivity index (χ3v) is 9.62. The van der Waals surface area contributed by atoms with Crippen LogP contribution in [0.4, 0.5) is 4.79 Å². The number of ether oxygens (including phenoxy) is 1. The average molecular weight is 683 g/mol. The molecule has 3 aromatic rings. The predicted molar refractivity (Wildman–Crippen MR) is 186 cm³/mol. The molecule has 2 aliphatic heterocycles. The number of carboxylic acids is 1. The summed E-state index contributed by atoms with van der Waals surface area (Å²) in [6, 6.07) is 17.3. The van der Waals surface area contributed by atoms with E-state index in [0.29, 0.717) is 25.0 Å². The van der Waals surface area contributed by atoms with Crippen molar-refractivity contribution in [1.82, 2.24) is 30.5 Å². The summed E-state index contributed by atoms with van der Waals surface area (Å²) >= 11 is 0. The molecule has 3 heterocycles. The van der Waals surface area contributed by atoms with Crippen LogP contribution in [0.1, 0.15) is 83.0 Å². The summed E-state index contributed by atoms with van der Waals surface area (Å²) in [5.41, 5.74) is 1.22. The van der Waals surface area contributed by atoms with Crippen LogP contribution < -0.4 is 10.6 Å². The van der Waals surface area contributed by atoms with Gasteiger partial charge >= 0.3 is 12.1 Å². The summed E-state index contributed by atoms with van der Waals surface area (Å²) in [5, 5.41) is 25.7. The fraction of sp³-hybridized carbons (Fsp3) is 0.474. The molecule has 1 saturated carbocycles. The number of benzene rings is 2. The fourth-order valence-corrected chi connectivity index (χ4v) is 6.94. The number of hydrogen-bond donors (Lipinski definition) is 3. The van der Waals surface area contributed by atoms with E-state index in [1.54, 1.807) is 25.6 Å². The number of rotatable bonds is 6. The summed E-state index contributed by atoms with van der Waals surface area (Å²) in [6.45, 7) is 5.35. The van der Waals surface area contributed by atoms with Gasteiger partial charge in [-0.05, 0) is 52.0 Å². The van der Waals surface area contributed by atoms with Crippen molar-refractivity contribution in [1.29, 1.82) is 0 Å². The molecule has 6 rings (SSSR count). The van der Waals surface area contributed by atoms with Crippen molar-refractivity contribution >= 4 is 23.9 Å². The highest BCUT2D eigenvalue weighted by Gasteiger charge is 2.61. The fourth-order valence-electron chi connectivity index (χ4n) is 6.94. The summed E-state index contributed by atoms with van der Waals surface area (Å²) < 4.78 is 5.50. The van der Waals surface area contributed by atoms with Gasteiger partial charge in [-0.2, -0.15) is 15.0 Å². The van der Waals surface area contributed by atoms with Crippen molar-refractivity contribution in [3.63, 3.8) is 0 Å². The highest BCUT2D eigenvalue weighted by molar-refractivity contribution is 5.96. The molecule has 5 atom stereocenters. The maximum atomic E-state index is 14.4. The molecule has 12 heteroatoms. The number of carbonyl (C=O) groups is 4. The van der Waals surface area contributed by atoms with Gasteiger partial charge in [0.2, 0.25) is 11.8 Å². The van der Waals surface area contributed by atoms with Gasteiger partial charge in [-0.1, -0.05) is 85.7 Å². The Morgan fingerprint density at radius 2 is 1.74 bits per heavy atom. The number of nitrogens with one attached hydrogen (secondary N) is 2. The number of carbonyl (C=O) groups excluding carboxylic acids is 3. The lowest BCUT2D eigenvalue weighted by molar-refractivity contribution is -0.145. The summed E-state index contributed by atoms with van der Waals surface area (Å²) in [6.07, 6.45) is 7.55. The SMILES string of the molecule is CC(C)(C)OC(=O)NC1CCCCC/C=C\C2CC2(C(=O)O)NC(=O)C2C[C@@H](n3nc(Cc4ccccc4)c(-c4ccccc4)n3)CN2C1=O. The van der Waals surface area contributed by atoms with Gasteiger partial charge in [-0.25, -0.2) is 9.59 Å². The average Bonchev–Trinajstić information content (AvgIpc) is 3.37. The van der Waals surface area contributed by atoms with E-state index in [9.17, 15) is 24.3 Å². The van der Waals surface area contributed by atoms with E-state index >= 15 is 0 Å². The van der Waals surface area contributed by atoms with Gasteiger partial charge in [0.05, 0.1) is 11.7 Å². The minimum Gasteiger partial charge on any atom is -0.479 e. The highest BCUT2D eigenvalue weighted by Crippen LogP contribution is 2.45. The van der Waals surface area contributed by atoms with Crippen LogP contribution in [0, 0.1) is 5.92 Å². The first-order chi connectivity index (χ1) is 23.9. The number of alkyl carbamates (subject to hydrolysis) is 1. The van der Waals surface area contributed by atoms with Crippen molar-refractivity contribution < 1.29 is 29.0 Å². The van der Waals surface area contributed by atoms with Crippen molar-refractivity contribution in [2.45, 2.75) is 101 Å². The Bertz CT molecular complexity index is 1730. The Kier molecular flexibility index (Phi) is 10.1. The monoisotopic (exact) mass is 682 g/mol. The molecule has 3 N–H and O–H groups in total. The molecule has 4 unspecified atom stereocenters. The molecule has 0 radical (unpaired) electrons. The van der Waals surface area contributed by atoms with E-state index in [1.807, 2.05) is 72.8 Å². The Labute approximate surface area is 292 Å². The summed E-state index contributed by atoms with van der Waals surface area (Å²) in [7, 11) is 0. The molecule has 12 nitrogen and oxygen atoms in total. The van der Waals surface area contributed by atoms with E-state index in [4.69, 9.17) is 14.9 Å². The Hall–Kier alpha value is -5.00. The number of carboxylic acid groups (broad SMARTS) is 1. The molecule has 0 spiro atoms. The molecular weight excluding hydrogens is 636 g/mol. The number of hydrogen-bond acceptors (Lipinski definition) is 7. The molecule has 3 amide bonds. The maximum Gasteiger partial charge on any atom is 0.408 e. The normalized spacial score (nSPS) is 26.4. The quantitative estimate of drug-likeness (QED) is 0.305. The Morgan fingerprint density at radius 3 is 2.44 bits per heavy atom. The number of aromatic nitrogens is 3. The first-order valence-corrected chi connectivity index (χ1v) is 17.5. The molecule has 1 aliphatic carbocycles. The number of allylic oxidation sites excluding steroid dienone is 1. The zero-order chi connectivity index (χ0) is 35.5. The second kappa shape index (κ2) is 14.5. The molecule has 2 aromatic carbocycles. The Balaban J connectivity index is 1.34. The largest absolute Gasteiger partial charge is 0.479 e. The van der Waals surface area contributed by atoms with Gasteiger partial charge in [0.1, 0.15) is 28.9 Å². The third-order valence-electron chi connectivity index (χ3n) is 9.62. The molecule has 3 aliphatic rings. The van der Waals surface area contributed by atoms with Gasteiger partial charge in [-0.3, -0.25) is 9.59 Å². The van der Waals surface area contributed by atoms with Gasteiger partial charge in [0.25, 0.3) is 0 Å². The Morgan fingerprint density at radius 1 is 1.02 bits per heavy atom. The van der Waals surface area contributed by atoms with Gasteiger partial charge in [0.15, 0.2) is 0 Å². The molecule has 1 aromatic heterocycles. The van der Waals surface area contributed by atoms with Crippen molar-refractivity contribution in [3.8, 4) is 11.3 Å². The molecule has 2 fully saturated rings. The van der Waals surface area contributed by atoms with Crippen LogP contribution in [0.25, 0.3) is 11.3 Å². The van der Waals surface area contributed by atoms with Crippen LogP contribution in [-0.4, -0.2) is 78.6 Å². The van der Waals surface area contributed by atoms with Crippen molar-refractivity contribution in [2.24, 2.45) is 5.92 Å². The number of aliphatic carboxylic acids is 1. The minimum atomic E-state index is -1.43. The lowest BCUT2D eigenvalue weighted by Crippen LogP contribution is -2.56. The van der Waals surface area contributed by atoms with Crippen LogP contribution in [-0.2, 0) is 25.5 Å². The topological polar surface area (TPSA) is 156 Å². The third kappa shape index (κ3) is 7.90.